The maximum Gasteiger partial charge on any atom is 0.271 e. The molecule has 3 rings (SSSR count). The van der Waals surface area contributed by atoms with Crippen molar-refractivity contribution in [2.75, 3.05) is 16.6 Å². The Morgan fingerprint density at radius 3 is 2.14 bits per heavy atom. The Balaban J connectivity index is 1.80. The maximum atomic E-state index is 12.6. The summed E-state index contributed by atoms with van der Waals surface area (Å²) >= 11 is 6.70. The summed E-state index contributed by atoms with van der Waals surface area (Å²) in [5, 5.41) is 0. The van der Waals surface area contributed by atoms with Gasteiger partial charge in [0.15, 0.2) is 0 Å². The van der Waals surface area contributed by atoms with Gasteiger partial charge in [-0.05, 0) is 48.5 Å². The van der Waals surface area contributed by atoms with Crippen LogP contribution in [0.3, 0.4) is 0 Å². The van der Waals surface area contributed by atoms with E-state index in [1.54, 1.807) is 24.3 Å². The first kappa shape index (κ1) is 20.5. The number of nitrogens with one attached hydrogen (secondary N) is 2. The van der Waals surface area contributed by atoms with E-state index >= 15 is 0 Å². The molecule has 0 aliphatic rings. The highest BCUT2D eigenvalue weighted by molar-refractivity contribution is 7.94. The number of rotatable bonds is 7. The van der Waals surface area contributed by atoms with Crippen molar-refractivity contribution in [1.82, 2.24) is 0 Å². The van der Waals surface area contributed by atoms with E-state index < -0.39 is 20.0 Å². The molecule has 11 heteroatoms. The molecular formula is C17H15ClN2O5S3. The summed E-state index contributed by atoms with van der Waals surface area (Å²) in [5.41, 5.74) is 0.519. The van der Waals surface area contributed by atoms with Crippen LogP contribution in [0, 0.1) is 0 Å². The predicted octanol–water partition coefficient (Wildman–Crippen LogP) is 4.01. The van der Waals surface area contributed by atoms with Crippen molar-refractivity contribution in [3.05, 3.63) is 65.0 Å². The van der Waals surface area contributed by atoms with Crippen molar-refractivity contribution in [3.63, 3.8) is 0 Å². The van der Waals surface area contributed by atoms with Crippen LogP contribution >= 0.6 is 22.9 Å². The van der Waals surface area contributed by atoms with E-state index in [9.17, 15) is 16.8 Å². The minimum Gasteiger partial charge on any atom is -0.495 e. The fourth-order valence-electron chi connectivity index (χ4n) is 2.28. The fraction of sp³-hybridized carbons (Fsp3) is 0.0588. The Bertz CT molecular complexity index is 1190. The topological polar surface area (TPSA) is 102 Å². The van der Waals surface area contributed by atoms with Gasteiger partial charge < -0.3 is 4.74 Å². The first-order valence-electron chi connectivity index (χ1n) is 7.75. The van der Waals surface area contributed by atoms with Crippen LogP contribution in [0.1, 0.15) is 0 Å². The molecule has 0 atom stereocenters. The van der Waals surface area contributed by atoms with Crippen molar-refractivity contribution >= 4 is 54.4 Å². The lowest BCUT2D eigenvalue weighted by atomic mass is 10.3. The zero-order chi connectivity index (χ0) is 20.4. The quantitative estimate of drug-likeness (QED) is 0.557. The van der Waals surface area contributed by atoms with Crippen LogP contribution in [-0.4, -0.2) is 23.9 Å². The fourth-order valence-corrected chi connectivity index (χ4v) is 5.89. The van der Waals surface area contributed by atoms with Crippen LogP contribution in [-0.2, 0) is 20.0 Å². The van der Waals surface area contributed by atoms with Gasteiger partial charge in [0, 0.05) is 5.69 Å². The molecule has 0 aliphatic heterocycles. The Morgan fingerprint density at radius 1 is 0.857 bits per heavy atom. The number of hydrogen-bond donors (Lipinski definition) is 2. The number of sulfonamides is 2. The molecule has 7 nitrogen and oxygen atoms in total. The average molecular weight is 459 g/mol. The average Bonchev–Trinajstić information content (AvgIpc) is 3.09. The second-order valence-corrected chi connectivity index (χ2v) is 10.8. The number of benzene rings is 2. The first-order valence-corrected chi connectivity index (χ1v) is 11.9. The third-order valence-electron chi connectivity index (χ3n) is 3.58. The molecular weight excluding hydrogens is 444 g/mol. The van der Waals surface area contributed by atoms with Crippen molar-refractivity contribution in [2.45, 2.75) is 9.10 Å². The minimum atomic E-state index is -3.88. The summed E-state index contributed by atoms with van der Waals surface area (Å²) in [6.07, 6.45) is 0. The number of thiophene rings is 1. The van der Waals surface area contributed by atoms with Crippen LogP contribution in [0.2, 0.25) is 4.34 Å². The molecule has 0 spiro atoms. The third-order valence-corrected chi connectivity index (χ3v) is 8.07. The van der Waals surface area contributed by atoms with E-state index in [0.29, 0.717) is 15.8 Å². The molecule has 0 saturated carbocycles. The Hall–Kier alpha value is -2.27. The van der Waals surface area contributed by atoms with Gasteiger partial charge in [0.25, 0.3) is 20.0 Å². The van der Waals surface area contributed by atoms with Gasteiger partial charge in [-0.1, -0.05) is 23.7 Å². The highest BCUT2D eigenvalue weighted by Gasteiger charge is 2.19. The molecule has 0 fully saturated rings. The van der Waals surface area contributed by atoms with E-state index in [0.717, 1.165) is 11.3 Å². The smallest absolute Gasteiger partial charge is 0.271 e. The van der Waals surface area contributed by atoms with Gasteiger partial charge in [0.1, 0.15) is 9.96 Å². The Labute approximate surface area is 172 Å². The number of anilines is 2. The second-order valence-electron chi connectivity index (χ2n) is 5.49. The molecule has 0 aliphatic carbocycles. The van der Waals surface area contributed by atoms with E-state index in [1.165, 1.54) is 43.5 Å². The second kappa shape index (κ2) is 8.00. The van der Waals surface area contributed by atoms with E-state index in [-0.39, 0.29) is 14.8 Å². The van der Waals surface area contributed by atoms with Crippen molar-refractivity contribution < 1.29 is 21.6 Å². The normalized spacial score (nSPS) is 11.8. The lowest BCUT2D eigenvalue weighted by molar-refractivity contribution is 0.417. The van der Waals surface area contributed by atoms with Crippen molar-refractivity contribution in [2.24, 2.45) is 0 Å². The van der Waals surface area contributed by atoms with Gasteiger partial charge in [-0.25, -0.2) is 16.8 Å². The molecule has 3 aromatic rings. The highest BCUT2D eigenvalue weighted by Crippen LogP contribution is 2.29. The van der Waals surface area contributed by atoms with E-state index in [2.05, 4.69) is 9.44 Å². The van der Waals surface area contributed by atoms with Crippen LogP contribution in [0.25, 0.3) is 0 Å². The molecule has 0 bridgehead atoms. The summed E-state index contributed by atoms with van der Waals surface area (Å²) in [5.74, 6) is 0.380. The van der Waals surface area contributed by atoms with Crippen LogP contribution in [0.15, 0.2) is 69.8 Å². The number of halogens is 1. The first-order chi connectivity index (χ1) is 13.2. The van der Waals surface area contributed by atoms with Gasteiger partial charge in [0.2, 0.25) is 0 Å². The lowest BCUT2D eigenvalue weighted by Gasteiger charge is -2.12. The molecule has 2 N–H and O–H groups in total. The number of para-hydroxylation sites is 2. The van der Waals surface area contributed by atoms with Crippen LogP contribution in [0.5, 0.6) is 5.75 Å². The zero-order valence-corrected chi connectivity index (χ0v) is 17.6. The van der Waals surface area contributed by atoms with Gasteiger partial charge in [-0.15, -0.1) is 11.3 Å². The molecule has 0 unspecified atom stereocenters. The van der Waals surface area contributed by atoms with Gasteiger partial charge in [-0.3, -0.25) is 9.44 Å². The highest BCUT2D eigenvalue weighted by atomic mass is 35.5. The van der Waals surface area contributed by atoms with Gasteiger partial charge >= 0.3 is 0 Å². The summed E-state index contributed by atoms with van der Waals surface area (Å²) in [7, 11) is -6.23. The van der Waals surface area contributed by atoms with Crippen LogP contribution in [0.4, 0.5) is 11.4 Å². The molecule has 28 heavy (non-hydrogen) atoms. The number of hydrogen-bond acceptors (Lipinski definition) is 6. The zero-order valence-electron chi connectivity index (χ0n) is 14.4. The SMILES string of the molecule is COc1ccccc1NS(=O)(=O)c1ccc(NS(=O)(=O)c2ccc(Cl)s2)cc1. The maximum absolute atomic E-state index is 12.6. The summed E-state index contributed by atoms with van der Waals surface area (Å²) in [6.45, 7) is 0. The number of methoxy groups -OCH3 is 1. The Kier molecular flexibility index (Phi) is 5.84. The molecule has 148 valence electrons. The van der Waals surface area contributed by atoms with Crippen molar-refractivity contribution in [1.29, 1.82) is 0 Å². The standard InChI is InChI=1S/C17H15ClN2O5S3/c1-25-15-5-3-2-4-14(15)20-27(21,22)13-8-6-12(7-9-13)19-28(23,24)17-11-10-16(18)26-17/h2-11,19-20H,1H3. The summed E-state index contributed by atoms with van der Waals surface area (Å²) in [4.78, 5) is -0.0273. The lowest BCUT2D eigenvalue weighted by Crippen LogP contribution is -2.14. The van der Waals surface area contributed by atoms with Gasteiger partial charge in [0.05, 0.1) is 22.0 Å². The molecule has 2 aromatic carbocycles. The minimum absolute atomic E-state index is 0.0273. The van der Waals surface area contributed by atoms with Crippen LogP contribution < -0.4 is 14.2 Å². The number of ether oxygens (including phenoxy) is 1. The summed E-state index contributed by atoms with van der Waals surface area (Å²) < 4.78 is 60.1. The molecule has 0 saturated heterocycles. The van der Waals surface area contributed by atoms with Gasteiger partial charge in [-0.2, -0.15) is 0 Å². The molecule has 0 radical (unpaired) electrons. The van der Waals surface area contributed by atoms with Crippen molar-refractivity contribution in [3.8, 4) is 5.75 Å². The predicted molar refractivity (Wildman–Crippen MR) is 110 cm³/mol. The Morgan fingerprint density at radius 2 is 1.54 bits per heavy atom. The molecule has 1 heterocycles. The van der Waals surface area contributed by atoms with E-state index in [4.69, 9.17) is 16.3 Å². The summed E-state index contributed by atoms with van der Waals surface area (Å²) in [6, 6.07) is 14.8. The molecule has 1 aromatic heterocycles. The van der Waals surface area contributed by atoms with E-state index in [1.807, 2.05) is 0 Å². The molecule has 0 amide bonds. The third kappa shape index (κ3) is 4.58. The largest absolute Gasteiger partial charge is 0.495 e. The monoisotopic (exact) mass is 458 g/mol.